The molecule has 0 unspecified atom stereocenters. The predicted molar refractivity (Wildman–Crippen MR) is 108 cm³/mol. The summed E-state index contributed by atoms with van der Waals surface area (Å²) in [5, 5.41) is 19.7. The summed E-state index contributed by atoms with van der Waals surface area (Å²) in [6.45, 7) is 3.63. The summed E-state index contributed by atoms with van der Waals surface area (Å²) < 4.78 is 0. The predicted octanol–water partition coefficient (Wildman–Crippen LogP) is 3.46. The van der Waals surface area contributed by atoms with Gasteiger partial charge in [0.15, 0.2) is 5.78 Å². The van der Waals surface area contributed by atoms with Gasteiger partial charge >= 0.3 is 5.97 Å². The Balaban J connectivity index is 1.59. The van der Waals surface area contributed by atoms with Crippen LogP contribution in [0.3, 0.4) is 0 Å². The molecule has 1 aliphatic carbocycles. The fraction of sp³-hybridized carbons (Fsp3) is 0.565. The molecule has 1 aromatic carbocycles. The van der Waals surface area contributed by atoms with Crippen LogP contribution in [-0.4, -0.2) is 52.1 Å². The van der Waals surface area contributed by atoms with E-state index < -0.39 is 12.1 Å². The lowest BCUT2D eigenvalue weighted by atomic mass is 9.62. The van der Waals surface area contributed by atoms with Crippen molar-refractivity contribution in [2.75, 3.05) is 13.1 Å². The van der Waals surface area contributed by atoms with E-state index in [0.29, 0.717) is 6.42 Å². The SMILES string of the molecule is CCCC1([C@@H](O)C=C[C@@H]2C(=O)CCN2CCc2ccc(C(=O)O)cc2)CCC1. The molecule has 2 aliphatic rings. The van der Waals surface area contributed by atoms with Crippen LogP contribution in [0.25, 0.3) is 0 Å². The fourth-order valence-corrected chi connectivity index (χ4v) is 4.55. The number of ketones is 1. The van der Waals surface area contributed by atoms with Gasteiger partial charge in [-0.05, 0) is 48.8 Å². The standard InChI is InChI=1S/C23H31NO4/c1-2-12-23(13-3-14-23)21(26)9-8-19-20(25)11-16-24(19)15-10-17-4-6-18(7-5-17)22(27)28/h4-9,19,21,26H,2-3,10-16H2,1H3,(H,27,28)/t19-,21+/m1/s1. The van der Waals surface area contributed by atoms with E-state index >= 15 is 0 Å². The molecule has 0 aromatic heterocycles. The van der Waals surface area contributed by atoms with Crippen LogP contribution in [0.1, 0.15) is 61.4 Å². The number of carbonyl (C=O) groups is 2. The monoisotopic (exact) mass is 385 g/mol. The molecule has 5 heteroatoms. The summed E-state index contributed by atoms with van der Waals surface area (Å²) in [5.74, 6) is -0.712. The van der Waals surface area contributed by atoms with Crippen molar-refractivity contribution >= 4 is 11.8 Å². The first-order chi connectivity index (χ1) is 13.4. The van der Waals surface area contributed by atoms with Crippen molar-refractivity contribution in [3.63, 3.8) is 0 Å². The Morgan fingerprint density at radius 2 is 2.04 bits per heavy atom. The van der Waals surface area contributed by atoms with Gasteiger partial charge in [0.1, 0.15) is 0 Å². The molecule has 1 heterocycles. The van der Waals surface area contributed by atoms with Crippen LogP contribution >= 0.6 is 0 Å². The number of carbonyl (C=O) groups excluding carboxylic acids is 1. The van der Waals surface area contributed by atoms with Crippen molar-refractivity contribution in [1.29, 1.82) is 0 Å². The number of hydrogen-bond acceptors (Lipinski definition) is 4. The van der Waals surface area contributed by atoms with E-state index in [1.165, 1.54) is 6.42 Å². The van der Waals surface area contributed by atoms with E-state index in [0.717, 1.165) is 50.8 Å². The highest BCUT2D eigenvalue weighted by molar-refractivity contribution is 5.88. The molecule has 1 aromatic rings. The Hall–Kier alpha value is -1.98. The zero-order valence-electron chi connectivity index (χ0n) is 16.6. The van der Waals surface area contributed by atoms with Crippen LogP contribution in [0, 0.1) is 5.41 Å². The van der Waals surface area contributed by atoms with Crippen LogP contribution in [0.2, 0.25) is 0 Å². The molecule has 2 N–H and O–H groups in total. The number of likely N-dealkylation sites (tertiary alicyclic amines) is 1. The van der Waals surface area contributed by atoms with Crippen LogP contribution in [0.4, 0.5) is 0 Å². The topological polar surface area (TPSA) is 77.8 Å². The molecule has 3 rings (SSSR count). The van der Waals surface area contributed by atoms with Gasteiger partial charge in [0.2, 0.25) is 0 Å². The summed E-state index contributed by atoms with van der Waals surface area (Å²) in [6.07, 6.45) is 10.0. The molecule has 2 fully saturated rings. The van der Waals surface area contributed by atoms with E-state index in [9.17, 15) is 14.7 Å². The van der Waals surface area contributed by atoms with Crippen molar-refractivity contribution in [2.45, 2.75) is 64.0 Å². The minimum atomic E-state index is -0.923. The number of aliphatic hydroxyl groups is 1. The highest BCUT2D eigenvalue weighted by atomic mass is 16.4. The third-order valence-electron chi connectivity index (χ3n) is 6.46. The summed E-state index contributed by atoms with van der Waals surface area (Å²) >= 11 is 0. The van der Waals surface area contributed by atoms with Crippen LogP contribution in [0.15, 0.2) is 36.4 Å². The number of aromatic carboxylic acids is 1. The minimum Gasteiger partial charge on any atom is -0.478 e. The number of nitrogens with zero attached hydrogens (tertiary/aromatic N) is 1. The second-order valence-corrected chi connectivity index (χ2v) is 8.24. The molecule has 1 saturated heterocycles. The van der Waals surface area contributed by atoms with Crippen molar-refractivity contribution < 1.29 is 19.8 Å². The number of carboxylic acids is 1. The average molecular weight is 386 g/mol. The number of hydrogen-bond donors (Lipinski definition) is 2. The Morgan fingerprint density at radius 1 is 1.32 bits per heavy atom. The smallest absolute Gasteiger partial charge is 0.335 e. The van der Waals surface area contributed by atoms with Crippen molar-refractivity contribution in [1.82, 2.24) is 4.90 Å². The molecule has 152 valence electrons. The van der Waals surface area contributed by atoms with Gasteiger partial charge in [0.05, 0.1) is 17.7 Å². The average Bonchev–Trinajstić information content (AvgIpc) is 3.01. The van der Waals surface area contributed by atoms with E-state index in [1.54, 1.807) is 12.1 Å². The molecule has 1 saturated carbocycles. The van der Waals surface area contributed by atoms with Crippen molar-refractivity contribution in [3.8, 4) is 0 Å². The Morgan fingerprint density at radius 3 is 2.61 bits per heavy atom. The van der Waals surface area contributed by atoms with Crippen molar-refractivity contribution in [2.24, 2.45) is 5.41 Å². The maximum Gasteiger partial charge on any atom is 0.335 e. The molecule has 0 amide bonds. The van der Waals surface area contributed by atoms with Gasteiger partial charge < -0.3 is 10.2 Å². The number of Topliss-reactive ketones (excluding diaryl/α,β-unsaturated/α-hetero) is 1. The number of benzene rings is 1. The number of carboxylic acid groups (broad SMARTS) is 1. The lowest BCUT2D eigenvalue weighted by Gasteiger charge is -2.45. The maximum absolute atomic E-state index is 12.3. The normalized spacial score (nSPS) is 23.1. The lowest BCUT2D eigenvalue weighted by molar-refractivity contribution is -0.118. The van der Waals surface area contributed by atoms with Gasteiger partial charge in [0.25, 0.3) is 0 Å². The van der Waals surface area contributed by atoms with Crippen molar-refractivity contribution in [3.05, 3.63) is 47.5 Å². The van der Waals surface area contributed by atoms with Crippen LogP contribution < -0.4 is 0 Å². The third kappa shape index (κ3) is 4.53. The van der Waals surface area contributed by atoms with Gasteiger partial charge in [-0.3, -0.25) is 9.69 Å². The first-order valence-corrected chi connectivity index (χ1v) is 10.4. The number of rotatable bonds is 9. The first kappa shape index (κ1) is 20.7. The Labute approximate surface area is 167 Å². The second kappa shape index (κ2) is 9.01. The molecule has 28 heavy (non-hydrogen) atoms. The second-order valence-electron chi connectivity index (χ2n) is 8.24. The lowest BCUT2D eigenvalue weighted by Crippen LogP contribution is -2.41. The van der Waals surface area contributed by atoms with Gasteiger partial charge in [-0.2, -0.15) is 0 Å². The Bertz CT molecular complexity index is 721. The first-order valence-electron chi connectivity index (χ1n) is 10.4. The van der Waals surface area contributed by atoms with E-state index in [1.807, 2.05) is 24.3 Å². The molecule has 0 bridgehead atoms. The van der Waals surface area contributed by atoms with Gasteiger partial charge in [0, 0.05) is 19.5 Å². The maximum atomic E-state index is 12.3. The molecule has 2 atom stereocenters. The largest absolute Gasteiger partial charge is 0.478 e. The molecule has 0 spiro atoms. The molecular weight excluding hydrogens is 354 g/mol. The molecule has 0 radical (unpaired) electrons. The van der Waals surface area contributed by atoms with Gasteiger partial charge in [-0.25, -0.2) is 4.79 Å². The van der Waals surface area contributed by atoms with E-state index in [2.05, 4.69) is 11.8 Å². The highest BCUT2D eigenvalue weighted by Gasteiger charge is 2.41. The Kier molecular flexibility index (Phi) is 6.68. The summed E-state index contributed by atoms with van der Waals surface area (Å²) in [5.41, 5.74) is 1.36. The van der Waals surface area contributed by atoms with Crippen LogP contribution in [-0.2, 0) is 11.2 Å². The molecular formula is C23H31NO4. The molecule has 5 nitrogen and oxygen atoms in total. The quantitative estimate of drug-likeness (QED) is 0.637. The van der Waals surface area contributed by atoms with Crippen LogP contribution in [0.5, 0.6) is 0 Å². The fourth-order valence-electron chi connectivity index (χ4n) is 4.55. The van der Waals surface area contributed by atoms with Gasteiger partial charge in [-0.15, -0.1) is 0 Å². The third-order valence-corrected chi connectivity index (χ3v) is 6.46. The number of aliphatic hydroxyl groups excluding tert-OH is 1. The summed E-state index contributed by atoms with van der Waals surface area (Å²) in [4.78, 5) is 25.5. The van der Waals surface area contributed by atoms with E-state index in [4.69, 9.17) is 5.11 Å². The van der Waals surface area contributed by atoms with E-state index in [-0.39, 0.29) is 22.8 Å². The summed E-state index contributed by atoms with van der Waals surface area (Å²) in [6, 6.07) is 6.65. The minimum absolute atomic E-state index is 0.0175. The highest BCUT2D eigenvalue weighted by Crippen LogP contribution is 2.48. The van der Waals surface area contributed by atoms with Gasteiger partial charge in [-0.1, -0.05) is 44.1 Å². The zero-order valence-corrected chi connectivity index (χ0v) is 16.6. The molecule has 1 aliphatic heterocycles. The zero-order chi connectivity index (χ0) is 20.1. The summed E-state index contributed by atoms with van der Waals surface area (Å²) in [7, 11) is 0.